The Morgan fingerprint density at radius 2 is 1.70 bits per heavy atom. The number of aliphatic hydroxyl groups excluding tert-OH is 1. The second-order valence-electron chi connectivity index (χ2n) is 3.78. The molecule has 1 N–H and O–H groups in total. The molecule has 1 rings (SSSR count). The van der Waals surface area contributed by atoms with Gasteiger partial charge in [-0.3, -0.25) is 0 Å². The molecule has 0 aromatic rings. The van der Waals surface area contributed by atoms with Crippen molar-refractivity contribution in [1.82, 2.24) is 0 Å². The van der Waals surface area contributed by atoms with Gasteiger partial charge in [0.25, 0.3) is 0 Å². The zero-order valence-electron chi connectivity index (χ0n) is 7.01. The quantitative estimate of drug-likeness (QED) is 0.626. The molecule has 0 aromatic heterocycles. The van der Waals surface area contributed by atoms with Crippen molar-refractivity contribution in [2.24, 2.45) is 11.8 Å². The summed E-state index contributed by atoms with van der Waals surface area (Å²) in [7, 11) is 0. The number of aliphatic hydroxyl groups is 1. The molecule has 0 aromatic carbocycles. The maximum atomic E-state index is 9.63. The monoisotopic (exact) mass is 142 g/mol. The molecular weight excluding hydrogens is 124 g/mol. The first-order chi connectivity index (χ1) is 4.72. The van der Waals surface area contributed by atoms with E-state index in [0.717, 1.165) is 0 Å². The Bertz CT molecular complexity index is 92.9. The lowest BCUT2D eigenvalue weighted by Gasteiger charge is -2.20. The van der Waals surface area contributed by atoms with E-state index in [2.05, 4.69) is 13.8 Å². The third-order valence-electron chi connectivity index (χ3n) is 2.57. The molecule has 0 heterocycles. The lowest BCUT2D eigenvalue weighted by molar-refractivity contribution is 0.0673. The summed E-state index contributed by atoms with van der Waals surface area (Å²) in [4.78, 5) is 0. The van der Waals surface area contributed by atoms with E-state index in [0.29, 0.717) is 11.8 Å². The van der Waals surface area contributed by atoms with Crippen molar-refractivity contribution in [3.63, 3.8) is 0 Å². The Hall–Kier alpha value is -0.0400. The first-order valence-electron chi connectivity index (χ1n) is 4.40. The van der Waals surface area contributed by atoms with Crippen molar-refractivity contribution in [2.45, 2.75) is 45.6 Å². The van der Waals surface area contributed by atoms with Crippen molar-refractivity contribution < 1.29 is 5.11 Å². The molecule has 1 atom stereocenters. The smallest absolute Gasteiger partial charge is 0.0591 e. The summed E-state index contributed by atoms with van der Waals surface area (Å²) in [6.07, 6.45) is 5.11. The van der Waals surface area contributed by atoms with Crippen LogP contribution in [0.25, 0.3) is 0 Å². The zero-order chi connectivity index (χ0) is 7.56. The van der Waals surface area contributed by atoms with E-state index < -0.39 is 0 Å². The zero-order valence-corrected chi connectivity index (χ0v) is 7.01. The molecule has 0 saturated heterocycles. The van der Waals surface area contributed by atoms with E-state index in [1.54, 1.807) is 0 Å². The molecule has 1 nitrogen and oxygen atoms in total. The maximum absolute atomic E-state index is 9.63. The minimum absolute atomic E-state index is 0.0394. The molecule has 0 aliphatic heterocycles. The van der Waals surface area contributed by atoms with E-state index in [4.69, 9.17) is 0 Å². The summed E-state index contributed by atoms with van der Waals surface area (Å²) in [5, 5.41) is 9.63. The van der Waals surface area contributed by atoms with Crippen LogP contribution in [0.5, 0.6) is 0 Å². The minimum Gasteiger partial charge on any atom is -0.393 e. The standard InChI is InChI=1S/C9H18O/c1-7(2)9(10)8-5-3-4-6-8/h7-10H,3-6H2,1-2H3/t9-/m1/s1. The lowest BCUT2D eigenvalue weighted by Crippen LogP contribution is -2.23. The van der Waals surface area contributed by atoms with Gasteiger partial charge in [0.15, 0.2) is 0 Å². The molecule has 60 valence electrons. The van der Waals surface area contributed by atoms with Crippen LogP contribution in [0.1, 0.15) is 39.5 Å². The van der Waals surface area contributed by atoms with Crippen molar-refractivity contribution in [2.75, 3.05) is 0 Å². The van der Waals surface area contributed by atoms with Gasteiger partial charge < -0.3 is 5.11 Å². The molecule has 0 amide bonds. The van der Waals surface area contributed by atoms with Gasteiger partial charge in [-0.1, -0.05) is 26.7 Å². The molecular formula is C9H18O. The molecule has 1 saturated carbocycles. The summed E-state index contributed by atoms with van der Waals surface area (Å²) in [6.45, 7) is 4.20. The van der Waals surface area contributed by atoms with Gasteiger partial charge in [-0.05, 0) is 24.7 Å². The Morgan fingerprint density at radius 3 is 2.10 bits per heavy atom. The lowest BCUT2D eigenvalue weighted by atomic mass is 9.92. The van der Waals surface area contributed by atoms with Crippen LogP contribution in [0.15, 0.2) is 0 Å². The molecule has 10 heavy (non-hydrogen) atoms. The highest BCUT2D eigenvalue weighted by Crippen LogP contribution is 2.30. The molecule has 1 heteroatoms. The van der Waals surface area contributed by atoms with Crippen LogP contribution in [0.2, 0.25) is 0 Å². The van der Waals surface area contributed by atoms with Crippen molar-refractivity contribution in [1.29, 1.82) is 0 Å². The predicted molar refractivity (Wildman–Crippen MR) is 42.8 cm³/mol. The van der Waals surface area contributed by atoms with Gasteiger partial charge in [-0.25, -0.2) is 0 Å². The second kappa shape index (κ2) is 3.38. The number of rotatable bonds is 2. The van der Waals surface area contributed by atoms with Crippen LogP contribution in [0.3, 0.4) is 0 Å². The van der Waals surface area contributed by atoms with Gasteiger partial charge in [0.2, 0.25) is 0 Å². The van der Waals surface area contributed by atoms with Crippen LogP contribution in [0, 0.1) is 11.8 Å². The molecule has 1 fully saturated rings. The summed E-state index contributed by atoms with van der Waals surface area (Å²) >= 11 is 0. The highest BCUT2D eigenvalue weighted by molar-refractivity contribution is 4.76. The molecule has 0 bridgehead atoms. The average Bonchev–Trinajstić information content (AvgIpc) is 2.36. The van der Waals surface area contributed by atoms with E-state index in [1.165, 1.54) is 25.7 Å². The predicted octanol–water partition coefficient (Wildman–Crippen LogP) is 2.19. The fourth-order valence-electron chi connectivity index (χ4n) is 1.84. The van der Waals surface area contributed by atoms with Crippen LogP contribution in [0.4, 0.5) is 0 Å². The largest absolute Gasteiger partial charge is 0.393 e. The third-order valence-corrected chi connectivity index (χ3v) is 2.57. The maximum Gasteiger partial charge on any atom is 0.0591 e. The Balaban J connectivity index is 2.32. The molecule has 0 radical (unpaired) electrons. The summed E-state index contributed by atoms with van der Waals surface area (Å²) in [5.41, 5.74) is 0. The van der Waals surface area contributed by atoms with Crippen molar-refractivity contribution in [3.05, 3.63) is 0 Å². The Kier molecular flexibility index (Phi) is 2.72. The normalized spacial score (nSPS) is 24.0. The van der Waals surface area contributed by atoms with Gasteiger partial charge in [-0.15, -0.1) is 0 Å². The molecule has 1 aliphatic carbocycles. The second-order valence-corrected chi connectivity index (χ2v) is 3.78. The summed E-state index contributed by atoms with van der Waals surface area (Å²) < 4.78 is 0. The Morgan fingerprint density at radius 1 is 1.20 bits per heavy atom. The van der Waals surface area contributed by atoms with E-state index in [9.17, 15) is 5.11 Å². The minimum atomic E-state index is -0.0394. The van der Waals surface area contributed by atoms with Gasteiger partial charge in [-0.2, -0.15) is 0 Å². The van der Waals surface area contributed by atoms with Gasteiger partial charge in [0.05, 0.1) is 6.10 Å². The summed E-state index contributed by atoms with van der Waals surface area (Å²) in [5.74, 6) is 1.06. The van der Waals surface area contributed by atoms with Gasteiger partial charge in [0, 0.05) is 0 Å². The summed E-state index contributed by atoms with van der Waals surface area (Å²) in [6, 6.07) is 0. The van der Waals surface area contributed by atoms with E-state index in [-0.39, 0.29) is 6.10 Å². The van der Waals surface area contributed by atoms with Gasteiger partial charge >= 0.3 is 0 Å². The van der Waals surface area contributed by atoms with Gasteiger partial charge in [0.1, 0.15) is 0 Å². The highest BCUT2D eigenvalue weighted by atomic mass is 16.3. The van der Waals surface area contributed by atoms with Crippen molar-refractivity contribution in [3.8, 4) is 0 Å². The Labute approximate surface area is 63.4 Å². The molecule has 1 aliphatic rings. The SMILES string of the molecule is CC(C)[C@@H](O)C1CCCC1. The van der Waals surface area contributed by atoms with Crippen molar-refractivity contribution >= 4 is 0 Å². The van der Waals surface area contributed by atoms with Crippen LogP contribution < -0.4 is 0 Å². The van der Waals surface area contributed by atoms with E-state index in [1.807, 2.05) is 0 Å². The highest BCUT2D eigenvalue weighted by Gasteiger charge is 2.24. The average molecular weight is 142 g/mol. The number of hydrogen-bond donors (Lipinski definition) is 1. The van der Waals surface area contributed by atoms with E-state index >= 15 is 0 Å². The fraction of sp³-hybridized carbons (Fsp3) is 1.00. The van der Waals surface area contributed by atoms with Crippen LogP contribution >= 0.6 is 0 Å². The molecule has 0 unspecified atom stereocenters. The third kappa shape index (κ3) is 1.72. The van der Waals surface area contributed by atoms with Crippen LogP contribution in [-0.2, 0) is 0 Å². The molecule has 0 spiro atoms. The topological polar surface area (TPSA) is 20.2 Å². The fourth-order valence-corrected chi connectivity index (χ4v) is 1.84. The van der Waals surface area contributed by atoms with Crippen LogP contribution in [-0.4, -0.2) is 11.2 Å². The number of hydrogen-bond acceptors (Lipinski definition) is 1. The first-order valence-corrected chi connectivity index (χ1v) is 4.40. The first kappa shape index (κ1) is 8.06.